The Morgan fingerprint density at radius 2 is 1.55 bits per heavy atom. The lowest BCUT2D eigenvalue weighted by molar-refractivity contribution is -0.388. The Bertz CT molecular complexity index is 763. The summed E-state index contributed by atoms with van der Waals surface area (Å²) in [5.74, 6) is 0. The summed E-state index contributed by atoms with van der Waals surface area (Å²) in [6.45, 7) is 0. The second-order valence-electron chi connectivity index (χ2n) is 4.23. The van der Waals surface area contributed by atoms with Crippen LogP contribution in [0.1, 0.15) is 5.56 Å². The lowest BCUT2D eigenvalue weighted by Gasteiger charge is -2.10. The van der Waals surface area contributed by atoms with Gasteiger partial charge in [-0.3, -0.25) is 10.1 Å². The van der Waals surface area contributed by atoms with Gasteiger partial charge >= 0.3 is 6.18 Å². The summed E-state index contributed by atoms with van der Waals surface area (Å²) >= 11 is 17.6. The van der Waals surface area contributed by atoms with Crippen LogP contribution in [0.4, 0.5) is 18.9 Å². The van der Waals surface area contributed by atoms with Crippen LogP contribution in [0, 0.1) is 10.1 Å². The van der Waals surface area contributed by atoms with Crippen molar-refractivity contribution in [2.45, 2.75) is 6.18 Å². The maximum Gasteiger partial charge on any atom is 0.422 e. The molecular weight excluding hydrogens is 366 g/mol. The van der Waals surface area contributed by atoms with Crippen LogP contribution < -0.4 is 0 Å². The second-order valence-corrected chi connectivity index (χ2v) is 5.45. The van der Waals surface area contributed by atoms with Crippen molar-refractivity contribution in [3.63, 3.8) is 0 Å². The van der Waals surface area contributed by atoms with Crippen LogP contribution in [0.25, 0.3) is 11.1 Å². The normalized spacial score (nSPS) is 11.5. The molecule has 9 heteroatoms. The summed E-state index contributed by atoms with van der Waals surface area (Å²) in [7, 11) is 0. The fraction of sp³-hybridized carbons (Fsp3) is 0.0769. The van der Waals surface area contributed by atoms with Crippen molar-refractivity contribution in [3.8, 4) is 11.1 Å². The largest absolute Gasteiger partial charge is 0.422 e. The van der Waals surface area contributed by atoms with E-state index >= 15 is 0 Å². The van der Waals surface area contributed by atoms with E-state index in [0.717, 1.165) is 12.1 Å². The van der Waals surface area contributed by atoms with Crippen LogP contribution >= 0.6 is 34.8 Å². The SMILES string of the molecule is O=[N+]([O-])c1cc(-c2cc(Cl)c(Cl)cc2Cl)ccc1C(F)(F)F. The van der Waals surface area contributed by atoms with E-state index in [1.165, 1.54) is 12.1 Å². The number of nitrogens with zero attached hydrogens (tertiary/aromatic N) is 1. The van der Waals surface area contributed by atoms with Crippen molar-refractivity contribution < 1.29 is 18.1 Å². The molecule has 0 aliphatic rings. The van der Waals surface area contributed by atoms with E-state index in [4.69, 9.17) is 34.8 Å². The van der Waals surface area contributed by atoms with Crippen molar-refractivity contribution in [1.82, 2.24) is 0 Å². The lowest BCUT2D eigenvalue weighted by atomic mass is 10.0. The highest BCUT2D eigenvalue weighted by Gasteiger charge is 2.38. The molecule has 0 unspecified atom stereocenters. The van der Waals surface area contributed by atoms with E-state index in [2.05, 4.69) is 0 Å². The molecule has 0 aliphatic heterocycles. The van der Waals surface area contributed by atoms with Crippen molar-refractivity contribution in [2.24, 2.45) is 0 Å². The van der Waals surface area contributed by atoms with Crippen LogP contribution in [0.3, 0.4) is 0 Å². The molecule has 2 aromatic carbocycles. The minimum absolute atomic E-state index is 0.114. The number of nitro benzene ring substituents is 1. The Morgan fingerprint density at radius 3 is 2.09 bits per heavy atom. The van der Waals surface area contributed by atoms with Gasteiger partial charge in [-0.2, -0.15) is 13.2 Å². The fourth-order valence-corrected chi connectivity index (χ4v) is 2.49. The summed E-state index contributed by atoms with van der Waals surface area (Å²) in [6.07, 6.45) is -4.83. The maximum absolute atomic E-state index is 12.8. The van der Waals surface area contributed by atoms with Crippen LogP contribution in [-0.2, 0) is 6.18 Å². The highest BCUT2D eigenvalue weighted by Crippen LogP contribution is 2.41. The number of alkyl halides is 3. The molecule has 0 N–H and O–H groups in total. The van der Waals surface area contributed by atoms with Crippen LogP contribution in [0.2, 0.25) is 15.1 Å². The molecule has 22 heavy (non-hydrogen) atoms. The number of nitro groups is 1. The summed E-state index contributed by atoms with van der Waals surface area (Å²) in [6, 6.07) is 5.16. The predicted octanol–water partition coefficient (Wildman–Crippen LogP) is 6.24. The van der Waals surface area contributed by atoms with Gasteiger partial charge in [0, 0.05) is 16.7 Å². The van der Waals surface area contributed by atoms with Gasteiger partial charge in [-0.15, -0.1) is 0 Å². The number of benzene rings is 2. The Morgan fingerprint density at radius 1 is 0.955 bits per heavy atom. The first kappa shape index (κ1) is 16.9. The van der Waals surface area contributed by atoms with Crippen molar-refractivity contribution >= 4 is 40.5 Å². The summed E-state index contributed by atoms with van der Waals surface area (Å²) < 4.78 is 38.3. The molecule has 0 bridgehead atoms. The van der Waals surface area contributed by atoms with Gasteiger partial charge < -0.3 is 0 Å². The molecule has 2 aromatic rings. The monoisotopic (exact) mass is 369 g/mol. The molecule has 0 saturated carbocycles. The summed E-state index contributed by atoms with van der Waals surface area (Å²) in [5.41, 5.74) is -2.03. The zero-order valence-electron chi connectivity index (χ0n) is 10.4. The second kappa shape index (κ2) is 5.95. The van der Waals surface area contributed by atoms with E-state index in [9.17, 15) is 23.3 Å². The smallest absolute Gasteiger partial charge is 0.258 e. The molecule has 116 valence electrons. The molecule has 0 heterocycles. The first-order valence-corrected chi connectivity index (χ1v) is 6.75. The van der Waals surface area contributed by atoms with Crippen molar-refractivity contribution in [3.05, 3.63) is 61.1 Å². The third-order valence-electron chi connectivity index (χ3n) is 2.82. The Labute approximate surface area is 137 Å². The third kappa shape index (κ3) is 3.29. The van der Waals surface area contributed by atoms with Gasteiger partial charge in [0.25, 0.3) is 5.69 Å². The minimum atomic E-state index is -4.83. The Hall–Kier alpha value is -1.50. The first-order chi connectivity index (χ1) is 10.1. The van der Waals surface area contributed by atoms with E-state index in [1.807, 2.05) is 0 Å². The number of hydrogen-bond donors (Lipinski definition) is 0. The summed E-state index contributed by atoms with van der Waals surface area (Å²) in [4.78, 5) is 9.78. The van der Waals surface area contributed by atoms with Crippen LogP contribution in [0.15, 0.2) is 30.3 Å². The third-order valence-corrected chi connectivity index (χ3v) is 3.86. The van der Waals surface area contributed by atoms with Crippen LogP contribution in [-0.4, -0.2) is 4.92 Å². The van der Waals surface area contributed by atoms with E-state index < -0.39 is 22.4 Å². The van der Waals surface area contributed by atoms with Gasteiger partial charge in [0.15, 0.2) is 0 Å². The molecular formula is C13H5Cl3F3NO2. The molecule has 0 radical (unpaired) electrons. The lowest BCUT2D eigenvalue weighted by Crippen LogP contribution is -2.08. The summed E-state index contributed by atoms with van der Waals surface area (Å²) in [5, 5.41) is 11.3. The molecule has 0 saturated heterocycles. The number of hydrogen-bond acceptors (Lipinski definition) is 2. The minimum Gasteiger partial charge on any atom is -0.258 e. The molecule has 0 atom stereocenters. The van der Waals surface area contributed by atoms with Gasteiger partial charge in [0.05, 0.1) is 15.0 Å². The van der Waals surface area contributed by atoms with Gasteiger partial charge in [0.1, 0.15) is 5.56 Å². The molecule has 0 aliphatic carbocycles. The van der Waals surface area contributed by atoms with Crippen molar-refractivity contribution in [2.75, 3.05) is 0 Å². The topological polar surface area (TPSA) is 43.1 Å². The zero-order chi connectivity index (χ0) is 16.7. The average molecular weight is 371 g/mol. The molecule has 3 nitrogen and oxygen atoms in total. The van der Waals surface area contributed by atoms with E-state index in [1.54, 1.807) is 0 Å². The number of halogens is 6. The molecule has 0 aromatic heterocycles. The molecule has 0 spiro atoms. The highest BCUT2D eigenvalue weighted by atomic mass is 35.5. The fourth-order valence-electron chi connectivity index (χ4n) is 1.83. The molecule has 0 fully saturated rings. The van der Waals surface area contributed by atoms with Crippen LogP contribution in [0.5, 0.6) is 0 Å². The molecule has 2 rings (SSSR count). The highest BCUT2D eigenvalue weighted by molar-refractivity contribution is 6.44. The van der Waals surface area contributed by atoms with E-state index in [0.29, 0.717) is 6.07 Å². The quantitative estimate of drug-likeness (QED) is 0.357. The Balaban J connectivity index is 2.67. The van der Waals surface area contributed by atoms with E-state index in [-0.39, 0.29) is 26.2 Å². The number of rotatable bonds is 2. The van der Waals surface area contributed by atoms with Gasteiger partial charge in [-0.25, -0.2) is 0 Å². The first-order valence-electron chi connectivity index (χ1n) is 5.62. The maximum atomic E-state index is 12.8. The standard InChI is InChI=1S/C13H5Cl3F3NO2/c14-9-5-11(16)10(15)4-7(9)6-1-2-8(13(17,18)19)12(3-6)20(21)22/h1-5H. The van der Waals surface area contributed by atoms with Gasteiger partial charge in [-0.05, 0) is 23.8 Å². The average Bonchev–Trinajstić information content (AvgIpc) is 2.41. The zero-order valence-corrected chi connectivity index (χ0v) is 12.7. The molecule has 0 amide bonds. The predicted molar refractivity (Wildman–Crippen MR) is 78.6 cm³/mol. The Kier molecular flexibility index (Phi) is 4.56. The van der Waals surface area contributed by atoms with Gasteiger partial charge in [0.2, 0.25) is 0 Å². The van der Waals surface area contributed by atoms with Crippen molar-refractivity contribution in [1.29, 1.82) is 0 Å². The van der Waals surface area contributed by atoms with Gasteiger partial charge in [-0.1, -0.05) is 40.9 Å².